The van der Waals surface area contributed by atoms with Crippen LogP contribution in [0.4, 0.5) is 0 Å². The predicted molar refractivity (Wildman–Crippen MR) is 101 cm³/mol. The van der Waals surface area contributed by atoms with E-state index in [0.29, 0.717) is 6.42 Å². The Balaban J connectivity index is 1.62. The van der Waals surface area contributed by atoms with Crippen molar-refractivity contribution in [3.8, 4) is 11.5 Å². The molecular weight excluding hydrogens is 362 g/mol. The lowest BCUT2D eigenvalue weighted by molar-refractivity contribution is -0.151. The van der Waals surface area contributed by atoms with Gasteiger partial charge in [-0.15, -0.1) is 0 Å². The van der Waals surface area contributed by atoms with Gasteiger partial charge in [-0.25, -0.2) is 0 Å². The van der Waals surface area contributed by atoms with Gasteiger partial charge in [0.1, 0.15) is 12.2 Å². The minimum absolute atomic E-state index is 0.126. The lowest BCUT2D eigenvalue weighted by Crippen LogP contribution is -2.43. The highest BCUT2D eigenvalue weighted by molar-refractivity contribution is 5.76. The third kappa shape index (κ3) is 3.13. The first-order valence-electron chi connectivity index (χ1n) is 9.59. The number of benzene rings is 1. The summed E-state index contributed by atoms with van der Waals surface area (Å²) in [5, 5.41) is 8.73. The molecule has 0 radical (unpaired) electrons. The van der Waals surface area contributed by atoms with Gasteiger partial charge in [-0.2, -0.15) is 0 Å². The fraction of sp³-hybridized carbons (Fsp3) is 0.524. The molecule has 0 aromatic heterocycles. The molecule has 150 valence electrons. The van der Waals surface area contributed by atoms with Gasteiger partial charge in [0.25, 0.3) is 0 Å². The largest absolute Gasteiger partial charge is 0.493 e. The summed E-state index contributed by atoms with van der Waals surface area (Å²) in [6.45, 7) is 1.79. The number of methoxy groups -OCH3 is 1. The molecule has 0 bridgehead atoms. The second kappa shape index (κ2) is 7.13. The number of hydrogen-bond donors (Lipinski definition) is 1. The zero-order chi connectivity index (χ0) is 19.9. The minimum Gasteiger partial charge on any atom is -0.493 e. The van der Waals surface area contributed by atoms with Gasteiger partial charge in [0, 0.05) is 18.5 Å². The Bertz CT molecular complexity index is 834. The van der Waals surface area contributed by atoms with Gasteiger partial charge in [-0.1, -0.05) is 12.1 Å². The summed E-state index contributed by atoms with van der Waals surface area (Å²) < 4.78 is 17.4. The standard InChI is InChI=1S/C21H25NO6/c1-22-10-9-21-8-7-14(27-18(25)6-5-17(23)24)11-16(21)28-20-15(26-2)4-3-13(12-22)19(20)21/h3-4,7-8,14,16H,5-6,9-12H2,1-2H3,(H,23,24). The van der Waals surface area contributed by atoms with Gasteiger partial charge in [0.15, 0.2) is 11.5 Å². The van der Waals surface area contributed by atoms with Crippen LogP contribution in [0, 0.1) is 0 Å². The first kappa shape index (κ1) is 18.8. The average molecular weight is 387 g/mol. The van der Waals surface area contributed by atoms with E-state index in [1.165, 1.54) is 11.1 Å². The lowest BCUT2D eigenvalue weighted by atomic mass is 9.69. The van der Waals surface area contributed by atoms with Crippen molar-refractivity contribution in [2.75, 3.05) is 20.7 Å². The fourth-order valence-electron chi connectivity index (χ4n) is 4.59. The van der Waals surface area contributed by atoms with Crippen molar-refractivity contribution in [1.82, 2.24) is 4.90 Å². The average Bonchev–Trinajstić information content (AvgIpc) is 2.92. The van der Waals surface area contributed by atoms with Crippen molar-refractivity contribution >= 4 is 11.9 Å². The van der Waals surface area contributed by atoms with E-state index in [0.717, 1.165) is 31.0 Å². The van der Waals surface area contributed by atoms with Gasteiger partial charge in [-0.05, 0) is 37.7 Å². The third-order valence-electron chi connectivity index (χ3n) is 5.96. The molecule has 1 spiro atoms. The lowest BCUT2D eigenvalue weighted by Gasteiger charge is -2.36. The van der Waals surface area contributed by atoms with Crippen LogP contribution in [0.5, 0.6) is 11.5 Å². The van der Waals surface area contributed by atoms with Crippen molar-refractivity contribution in [3.05, 3.63) is 35.4 Å². The maximum atomic E-state index is 12.0. The van der Waals surface area contributed by atoms with E-state index in [9.17, 15) is 9.59 Å². The number of carboxylic acids is 1. The second-order valence-electron chi connectivity index (χ2n) is 7.78. The molecule has 0 amide bonds. The van der Waals surface area contributed by atoms with E-state index in [1.807, 2.05) is 12.1 Å². The molecule has 1 aromatic carbocycles. The molecular formula is C21H25NO6. The number of ether oxygens (including phenoxy) is 3. The highest BCUT2D eigenvalue weighted by atomic mass is 16.6. The number of carbonyl (C=O) groups is 2. The first-order valence-corrected chi connectivity index (χ1v) is 9.59. The van der Waals surface area contributed by atoms with Crippen molar-refractivity contribution < 1.29 is 28.9 Å². The maximum absolute atomic E-state index is 12.0. The molecule has 2 aliphatic heterocycles. The van der Waals surface area contributed by atoms with Gasteiger partial charge < -0.3 is 24.2 Å². The molecule has 1 N–H and O–H groups in total. The summed E-state index contributed by atoms with van der Waals surface area (Å²) in [6, 6.07) is 4.06. The van der Waals surface area contributed by atoms with Crippen LogP contribution in [0.25, 0.3) is 0 Å². The van der Waals surface area contributed by atoms with Crippen LogP contribution in [0.3, 0.4) is 0 Å². The van der Waals surface area contributed by atoms with Crippen molar-refractivity contribution in [1.29, 1.82) is 0 Å². The maximum Gasteiger partial charge on any atom is 0.306 e. The highest BCUT2D eigenvalue weighted by Gasteiger charge is 2.53. The Labute approximate surface area is 163 Å². The molecule has 3 aliphatic rings. The molecule has 1 aromatic rings. The molecule has 0 saturated heterocycles. The van der Waals surface area contributed by atoms with Crippen LogP contribution in [0.1, 0.15) is 36.8 Å². The molecule has 7 nitrogen and oxygen atoms in total. The summed E-state index contributed by atoms with van der Waals surface area (Å²) in [6.07, 6.45) is 4.60. The first-order chi connectivity index (χ1) is 13.4. The van der Waals surface area contributed by atoms with Crippen LogP contribution in [0.2, 0.25) is 0 Å². The predicted octanol–water partition coefficient (Wildman–Crippen LogP) is 2.27. The number of rotatable bonds is 5. The summed E-state index contributed by atoms with van der Waals surface area (Å²) in [5.41, 5.74) is 2.17. The van der Waals surface area contributed by atoms with E-state index in [1.54, 1.807) is 7.11 Å². The van der Waals surface area contributed by atoms with Crippen LogP contribution in [-0.4, -0.2) is 54.9 Å². The topological polar surface area (TPSA) is 85.3 Å². The highest BCUT2D eigenvalue weighted by Crippen LogP contribution is 2.55. The number of esters is 1. The van der Waals surface area contributed by atoms with Crippen LogP contribution >= 0.6 is 0 Å². The van der Waals surface area contributed by atoms with Crippen LogP contribution < -0.4 is 9.47 Å². The van der Waals surface area contributed by atoms with Crippen molar-refractivity contribution in [2.24, 2.45) is 0 Å². The third-order valence-corrected chi connectivity index (χ3v) is 5.96. The summed E-state index contributed by atoms with van der Waals surface area (Å²) in [5.74, 6) is 0.0116. The van der Waals surface area contributed by atoms with E-state index in [-0.39, 0.29) is 24.4 Å². The van der Waals surface area contributed by atoms with Crippen LogP contribution in [0.15, 0.2) is 24.3 Å². The summed E-state index contributed by atoms with van der Waals surface area (Å²) >= 11 is 0. The minimum atomic E-state index is -1.01. The van der Waals surface area contributed by atoms with E-state index in [2.05, 4.69) is 24.1 Å². The van der Waals surface area contributed by atoms with Gasteiger partial charge in [0.2, 0.25) is 0 Å². The molecule has 7 heteroatoms. The Kier molecular flexibility index (Phi) is 4.79. The Morgan fingerprint density at radius 1 is 1.36 bits per heavy atom. The van der Waals surface area contributed by atoms with E-state index in [4.69, 9.17) is 19.3 Å². The molecule has 1 aliphatic carbocycles. The Morgan fingerprint density at radius 3 is 2.93 bits per heavy atom. The number of hydrogen-bond acceptors (Lipinski definition) is 6. The zero-order valence-corrected chi connectivity index (χ0v) is 16.1. The van der Waals surface area contributed by atoms with Gasteiger partial charge in [0.05, 0.1) is 25.4 Å². The van der Waals surface area contributed by atoms with E-state index >= 15 is 0 Å². The second-order valence-corrected chi connectivity index (χ2v) is 7.78. The normalized spacial score (nSPS) is 27.9. The molecule has 3 atom stereocenters. The van der Waals surface area contributed by atoms with Crippen molar-refractivity contribution in [3.63, 3.8) is 0 Å². The monoisotopic (exact) mass is 387 g/mol. The number of nitrogens with zero attached hydrogens (tertiary/aromatic N) is 1. The fourth-order valence-corrected chi connectivity index (χ4v) is 4.59. The smallest absolute Gasteiger partial charge is 0.306 e. The SMILES string of the molecule is COc1ccc2c3c1OC1CC(OC(=O)CCC(=O)O)C=CC31CCN(C)C2. The number of carbonyl (C=O) groups excluding carboxylic acids is 1. The van der Waals surface area contributed by atoms with Crippen LogP contribution in [-0.2, 0) is 26.3 Å². The molecule has 28 heavy (non-hydrogen) atoms. The Morgan fingerprint density at radius 2 is 2.18 bits per heavy atom. The zero-order valence-electron chi connectivity index (χ0n) is 16.1. The quantitative estimate of drug-likeness (QED) is 0.613. The van der Waals surface area contributed by atoms with Gasteiger partial charge >= 0.3 is 11.9 Å². The molecule has 0 saturated carbocycles. The molecule has 0 fully saturated rings. The van der Waals surface area contributed by atoms with E-state index < -0.39 is 18.0 Å². The molecule has 4 rings (SSSR count). The van der Waals surface area contributed by atoms with Crippen molar-refractivity contribution in [2.45, 2.75) is 49.9 Å². The molecule has 3 unspecified atom stereocenters. The number of aliphatic carboxylic acids is 1. The van der Waals surface area contributed by atoms with Gasteiger partial charge in [-0.3, -0.25) is 9.59 Å². The summed E-state index contributed by atoms with van der Waals surface area (Å²) in [7, 11) is 3.76. The summed E-state index contributed by atoms with van der Waals surface area (Å²) in [4.78, 5) is 24.9. The molecule has 2 heterocycles. The Hall–Kier alpha value is -2.54. The number of carboxylic acid groups (broad SMARTS) is 1.